The van der Waals surface area contributed by atoms with Crippen molar-refractivity contribution in [2.75, 3.05) is 46.3 Å². The Hall–Kier alpha value is -1.51. The number of likely N-dealkylation sites (tertiary alicyclic amines) is 1. The Morgan fingerprint density at radius 3 is 2.39 bits per heavy atom. The molecule has 2 N–H and O–H groups in total. The van der Waals surface area contributed by atoms with Crippen LogP contribution in [0.5, 0.6) is 5.75 Å². The lowest BCUT2D eigenvalue weighted by Crippen LogP contribution is -2.44. The first-order valence-electron chi connectivity index (χ1n) is 10.1. The number of likely N-dealkylation sites (N-methyl/N-ethyl adjacent to an activating group) is 1. The number of piperazine rings is 1. The van der Waals surface area contributed by atoms with E-state index in [0.717, 1.165) is 62.1 Å². The van der Waals surface area contributed by atoms with Crippen molar-refractivity contribution in [2.24, 2.45) is 0 Å². The lowest BCUT2D eigenvalue weighted by atomic mass is 9.88. The Labute approximate surface area is 171 Å². The SMILES string of the molecule is CN1CCN(Cc2nc(C3(O)CCN(Cc4ccccc4O)CC3)cs2)CC1. The molecule has 2 aliphatic rings. The standard InChI is InChI=1S/C21H30N4O2S/c1-23-10-12-25(13-11-23)15-20-22-19(16-28-20)21(27)6-8-24(9-7-21)14-17-4-2-3-5-18(17)26/h2-5,16,26-27H,6-15H2,1H3. The minimum Gasteiger partial charge on any atom is -0.508 e. The predicted octanol–water partition coefficient (Wildman–Crippen LogP) is 2.08. The maximum atomic E-state index is 11.2. The number of rotatable bonds is 5. The molecule has 0 aliphatic carbocycles. The molecule has 1 aromatic heterocycles. The van der Waals surface area contributed by atoms with Gasteiger partial charge < -0.3 is 15.1 Å². The summed E-state index contributed by atoms with van der Waals surface area (Å²) in [7, 11) is 2.17. The molecule has 0 amide bonds. The number of para-hydroxylation sites is 1. The molecule has 0 radical (unpaired) electrons. The van der Waals surface area contributed by atoms with E-state index >= 15 is 0 Å². The second-order valence-electron chi connectivity index (χ2n) is 8.14. The zero-order chi connectivity index (χ0) is 19.6. The van der Waals surface area contributed by atoms with Crippen LogP contribution in [0.3, 0.4) is 0 Å². The molecule has 2 aromatic rings. The molecule has 28 heavy (non-hydrogen) atoms. The van der Waals surface area contributed by atoms with Crippen molar-refractivity contribution in [2.45, 2.75) is 31.5 Å². The van der Waals surface area contributed by atoms with Crippen LogP contribution in [-0.4, -0.2) is 76.2 Å². The summed E-state index contributed by atoms with van der Waals surface area (Å²) < 4.78 is 0. The number of aromatic nitrogens is 1. The molecule has 4 rings (SSSR count). The van der Waals surface area contributed by atoms with Crippen molar-refractivity contribution in [3.8, 4) is 5.75 Å². The summed E-state index contributed by atoms with van der Waals surface area (Å²) in [4.78, 5) is 11.9. The first-order valence-corrected chi connectivity index (χ1v) is 11.0. The van der Waals surface area contributed by atoms with E-state index in [2.05, 4.69) is 21.7 Å². The third-order valence-electron chi connectivity index (χ3n) is 6.05. The zero-order valence-corrected chi connectivity index (χ0v) is 17.4. The summed E-state index contributed by atoms with van der Waals surface area (Å²) in [6, 6.07) is 7.48. The highest BCUT2D eigenvalue weighted by Crippen LogP contribution is 2.34. The van der Waals surface area contributed by atoms with Gasteiger partial charge in [-0.1, -0.05) is 18.2 Å². The van der Waals surface area contributed by atoms with Gasteiger partial charge in [0, 0.05) is 56.8 Å². The van der Waals surface area contributed by atoms with Crippen LogP contribution in [0.15, 0.2) is 29.6 Å². The molecule has 2 fully saturated rings. The van der Waals surface area contributed by atoms with Gasteiger partial charge in [-0.3, -0.25) is 9.80 Å². The van der Waals surface area contributed by atoms with Crippen LogP contribution in [0, 0.1) is 0 Å². The highest BCUT2D eigenvalue weighted by atomic mass is 32.1. The van der Waals surface area contributed by atoms with Crippen molar-refractivity contribution < 1.29 is 10.2 Å². The Kier molecular flexibility index (Phi) is 5.99. The zero-order valence-electron chi connectivity index (χ0n) is 16.5. The first-order chi connectivity index (χ1) is 13.5. The second kappa shape index (κ2) is 8.47. The summed E-state index contributed by atoms with van der Waals surface area (Å²) in [6.07, 6.45) is 1.36. The van der Waals surface area contributed by atoms with Crippen molar-refractivity contribution >= 4 is 11.3 Å². The van der Waals surface area contributed by atoms with Gasteiger partial charge in [-0.25, -0.2) is 4.98 Å². The number of nitrogens with zero attached hydrogens (tertiary/aromatic N) is 4. The fourth-order valence-electron chi connectivity index (χ4n) is 4.02. The van der Waals surface area contributed by atoms with Crippen LogP contribution >= 0.6 is 11.3 Å². The summed E-state index contributed by atoms with van der Waals surface area (Å²) in [5.41, 5.74) is 0.950. The highest BCUT2D eigenvalue weighted by Gasteiger charge is 2.36. The van der Waals surface area contributed by atoms with Crippen molar-refractivity contribution in [1.82, 2.24) is 19.7 Å². The smallest absolute Gasteiger partial charge is 0.120 e. The molecule has 3 heterocycles. The van der Waals surface area contributed by atoms with Gasteiger partial charge in [-0.15, -0.1) is 11.3 Å². The number of piperidine rings is 1. The minimum absolute atomic E-state index is 0.344. The Morgan fingerprint density at radius 1 is 1.00 bits per heavy atom. The molecular weight excluding hydrogens is 372 g/mol. The van der Waals surface area contributed by atoms with Crippen LogP contribution in [0.25, 0.3) is 0 Å². The third-order valence-corrected chi connectivity index (χ3v) is 6.89. The molecule has 0 unspecified atom stereocenters. The van der Waals surface area contributed by atoms with Crippen LogP contribution in [0.2, 0.25) is 0 Å². The number of aromatic hydroxyl groups is 1. The van der Waals surface area contributed by atoms with Crippen LogP contribution in [0.1, 0.15) is 29.1 Å². The molecule has 0 atom stereocenters. The molecule has 0 saturated carbocycles. The van der Waals surface area contributed by atoms with E-state index in [0.29, 0.717) is 25.1 Å². The van der Waals surface area contributed by atoms with Gasteiger partial charge in [0.2, 0.25) is 0 Å². The molecule has 2 aliphatic heterocycles. The highest BCUT2D eigenvalue weighted by molar-refractivity contribution is 7.09. The van der Waals surface area contributed by atoms with Crippen LogP contribution in [0.4, 0.5) is 0 Å². The Morgan fingerprint density at radius 2 is 1.68 bits per heavy atom. The largest absolute Gasteiger partial charge is 0.508 e. The second-order valence-corrected chi connectivity index (χ2v) is 9.09. The average molecular weight is 403 g/mol. The molecule has 152 valence electrons. The topological polar surface area (TPSA) is 63.1 Å². The number of thiazole rings is 1. The normalized spacial score (nSPS) is 21.8. The van der Waals surface area contributed by atoms with E-state index < -0.39 is 5.60 Å². The van der Waals surface area contributed by atoms with Gasteiger partial charge in [0.05, 0.1) is 12.2 Å². The number of hydrogen-bond acceptors (Lipinski definition) is 7. The molecular formula is C21H30N4O2S. The average Bonchev–Trinajstić information content (AvgIpc) is 3.17. The van der Waals surface area contributed by atoms with Gasteiger partial charge in [0.25, 0.3) is 0 Å². The van der Waals surface area contributed by atoms with Gasteiger partial charge in [0.15, 0.2) is 0 Å². The number of benzene rings is 1. The third kappa shape index (κ3) is 4.55. The summed E-state index contributed by atoms with van der Waals surface area (Å²) in [6.45, 7) is 7.58. The monoisotopic (exact) mass is 402 g/mol. The van der Waals surface area contributed by atoms with Gasteiger partial charge in [-0.05, 0) is 26.0 Å². The minimum atomic E-state index is -0.827. The van der Waals surface area contributed by atoms with E-state index in [1.807, 2.05) is 23.6 Å². The quantitative estimate of drug-likeness (QED) is 0.799. The number of hydrogen-bond donors (Lipinski definition) is 2. The number of phenols is 1. The van der Waals surface area contributed by atoms with E-state index in [1.54, 1.807) is 17.4 Å². The Bertz CT molecular complexity index is 780. The van der Waals surface area contributed by atoms with E-state index in [4.69, 9.17) is 4.98 Å². The summed E-state index contributed by atoms with van der Waals surface area (Å²) >= 11 is 1.67. The molecule has 0 spiro atoms. The van der Waals surface area contributed by atoms with E-state index in [9.17, 15) is 10.2 Å². The van der Waals surface area contributed by atoms with E-state index in [-0.39, 0.29) is 0 Å². The van der Waals surface area contributed by atoms with Gasteiger partial charge in [-0.2, -0.15) is 0 Å². The van der Waals surface area contributed by atoms with Crippen LogP contribution < -0.4 is 0 Å². The number of aliphatic hydroxyl groups is 1. The van der Waals surface area contributed by atoms with Crippen LogP contribution in [-0.2, 0) is 18.7 Å². The van der Waals surface area contributed by atoms with E-state index in [1.165, 1.54) is 0 Å². The molecule has 7 heteroatoms. The lowest BCUT2D eigenvalue weighted by molar-refractivity contribution is -0.0309. The van der Waals surface area contributed by atoms with Gasteiger partial charge >= 0.3 is 0 Å². The molecule has 0 bridgehead atoms. The van der Waals surface area contributed by atoms with Gasteiger partial charge in [0.1, 0.15) is 16.4 Å². The van der Waals surface area contributed by atoms with Crippen molar-refractivity contribution in [3.05, 3.63) is 45.9 Å². The fourth-order valence-corrected chi connectivity index (χ4v) is 4.95. The Balaban J connectivity index is 1.33. The lowest BCUT2D eigenvalue weighted by Gasteiger charge is -2.37. The predicted molar refractivity (Wildman–Crippen MR) is 111 cm³/mol. The maximum absolute atomic E-state index is 11.2. The van der Waals surface area contributed by atoms with Crippen molar-refractivity contribution in [3.63, 3.8) is 0 Å². The summed E-state index contributed by atoms with van der Waals surface area (Å²) in [5, 5.41) is 24.3. The maximum Gasteiger partial charge on any atom is 0.120 e. The molecule has 1 aromatic carbocycles. The van der Waals surface area contributed by atoms with Crippen molar-refractivity contribution in [1.29, 1.82) is 0 Å². The molecule has 2 saturated heterocycles. The summed E-state index contributed by atoms with van der Waals surface area (Å²) in [5.74, 6) is 0.344. The number of phenolic OH excluding ortho intramolecular Hbond substituents is 1. The molecule has 6 nitrogen and oxygen atoms in total. The first kappa shape index (κ1) is 19.8. The fraction of sp³-hybridized carbons (Fsp3) is 0.571.